The molecule has 0 amide bonds. The molecule has 1 saturated carbocycles. The fourth-order valence-corrected chi connectivity index (χ4v) is 4.19. The van der Waals surface area contributed by atoms with Gasteiger partial charge < -0.3 is 4.74 Å². The van der Waals surface area contributed by atoms with Gasteiger partial charge in [0.25, 0.3) is 0 Å². The number of unbranched alkanes of at least 4 members (excludes halogenated alkanes) is 3. The van der Waals surface area contributed by atoms with Crippen LogP contribution in [0, 0.1) is 29.1 Å². The molecule has 1 atom stereocenters. The first-order valence-electron chi connectivity index (χ1n) is 10.9. The van der Waals surface area contributed by atoms with Gasteiger partial charge in [-0.15, -0.1) is 0 Å². The Labute approximate surface area is 161 Å². The summed E-state index contributed by atoms with van der Waals surface area (Å²) in [5.41, 5.74) is 1.27. The van der Waals surface area contributed by atoms with E-state index in [1.807, 2.05) is 0 Å². The minimum absolute atomic E-state index is 0.165. The first kappa shape index (κ1) is 20.8. The quantitative estimate of drug-likeness (QED) is 0.403. The molecule has 2 nitrogen and oxygen atoms in total. The molecule has 0 radical (unpaired) electrons. The molecule has 144 valence electrons. The van der Waals surface area contributed by atoms with Crippen LogP contribution in [0.5, 0.6) is 5.75 Å². The van der Waals surface area contributed by atoms with Crippen LogP contribution in [0.1, 0.15) is 83.6 Å². The van der Waals surface area contributed by atoms with Gasteiger partial charge in [0.1, 0.15) is 5.75 Å². The van der Waals surface area contributed by atoms with E-state index in [9.17, 15) is 5.26 Å². The van der Waals surface area contributed by atoms with Crippen molar-refractivity contribution in [1.82, 2.24) is 0 Å². The first-order chi connectivity index (χ1) is 12.8. The van der Waals surface area contributed by atoms with Gasteiger partial charge in [0.15, 0.2) is 0 Å². The number of hydrogen-bond acceptors (Lipinski definition) is 2. The molecule has 2 rings (SSSR count). The molecular weight excluding hydrogens is 318 g/mol. The van der Waals surface area contributed by atoms with E-state index in [0.717, 1.165) is 37.5 Å². The van der Waals surface area contributed by atoms with Gasteiger partial charge >= 0.3 is 0 Å². The van der Waals surface area contributed by atoms with Crippen molar-refractivity contribution >= 4 is 0 Å². The van der Waals surface area contributed by atoms with Gasteiger partial charge in [-0.3, -0.25) is 0 Å². The van der Waals surface area contributed by atoms with E-state index in [0.29, 0.717) is 5.92 Å². The van der Waals surface area contributed by atoms with Crippen LogP contribution < -0.4 is 4.74 Å². The van der Waals surface area contributed by atoms with Crippen LogP contribution in [0.3, 0.4) is 0 Å². The zero-order valence-electron chi connectivity index (χ0n) is 16.9. The molecule has 0 aliphatic heterocycles. The molecule has 1 unspecified atom stereocenters. The first-order valence-corrected chi connectivity index (χ1v) is 10.9. The van der Waals surface area contributed by atoms with Crippen LogP contribution in [-0.4, -0.2) is 6.61 Å². The Hall–Kier alpha value is -1.49. The number of nitriles is 1. The number of nitrogens with zero attached hydrogens (tertiary/aromatic N) is 1. The summed E-state index contributed by atoms with van der Waals surface area (Å²) in [4.78, 5) is 0. The third kappa shape index (κ3) is 7.02. The molecule has 0 aromatic heterocycles. The standard InChI is InChI=1S/C24H37NO/c1-3-5-7-8-20-9-13-22(14-10-20)23(19-25)18-21-11-15-24(16-12-21)26-17-6-4-2/h11-12,15-16,20,22-23H,3-10,13-14,17-18H2,1-2H3/t20-,22-,23?. The van der Waals surface area contributed by atoms with Crippen molar-refractivity contribution in [2.45, 2.75) is 84.5 Å². The highest BCUT2D eigenvalue weighted by Crippen LogP contribution is 2.37. The van der Waals surface area contributed by atoms with Crippen molar-refractivity contribution in [2.75, 3.05) is 6.61 Å². The molecule has 1 aromatic rings. The second-order valence-electron chi connectivity index (χ2n) is 8.06. The smallest absolute Gasteiger partial charge is 0.119 e. The monoisotopic (exact) mass is 355 g/mol. The summed E-state index contributed by atoms with van der Waals surface area (Å²) in [6.07, 6.45) is 13.8. The van der Waals surface area contributed by atoms with Gasteiger partial charge in [0.2, 0.25) is 0 Å². The minimum atomic E-state index is 0.165. The third-order valence-electron chi connectivity index (χ3n) is 5.99. The predicted octanol–water partition coefficient (Wildman–Crippen LogP) is 6.93. The number of benzene rings is 1. The van der Waals surface area contributed by atoms with Crippen LogP contribution in [0.2, 0.25) is 0 Å². The molecule has 2 heteroatoms. The summed E-state index contributed by atoms with van der Waals surface area (Å²) in [5, 5.41) is 9.70. The highest BCUT2D eigenvalue weighted by atomic mass is 16.5. The molecule has 0 saturated heterocycles. The highest BCUT2D eigenvalue weighted by Gasteiger charge is 2.27. The lowest BCUT2D eigenvalue weighted by Gasteiger charge is -2.31. The molecule has 1 aliphatic rings. The summed E-state index contributed by atoms with van der Waals surface area (Å²) < 4.78 is 5.74. The summed E-state index contributed by atoms with van der Waals surface area (Å²) >= 11 is 0. The predicted molar refractivity (Wildman–Crippen MR) is 109 cm³/mol. The SMILES string of the molecule is CCCCC[C@H]1CC[C@H](C(C#N)Cc2ccc(OCCCC)cc2)CC1. The summed E-state index contributed by atoms with van der Waals surface area (Å²) in [7, 11) is 0. The Morgan fingerprint density at radius 2 is 1.69 bits per heavy atom. The van der Waals surface area contributed by atoms with Crippen molar-refractivity contribution in [3.8, 4) is 11.8 Å². The maximum atomic E-state index is 9.70. The zero-order valence-corrected chi connectivity index (χ0v) is 16.9. The van der Waals surface area contributed by atoms with Crippen molar-refractivity contribution in [3.05, 3.63) is 29.8 Å². The fourth-order valence-electron chi connectivity index (χ4n) is 4.19. The molecule has 0 bridgehead atoms. The molecular formula is C24H37NO. The van der Waals surface area contributed by atoms with Crippen molar-refractivity contribution in [1.29, 1.82) is 5.26 Å². The molecule has 0 spiro atoms. The summed E-state index contributed by atoms with van der Waals surface area (Å²) in [6.45, 7) is 5.24. The second kappa shape index (κ2) is 12.0. The van der Waals surface area contributed by atoms with Crippen molar-refractivity contribution in [2.24, 2.45) is 17.8 Å². The molecule has 0 N–H and O–H groups in total. The van der Waals surface area contributed by atoms with Crippen LogP contribution in [-0.2, 0) is 6.42 Å². The van der Waals surface area contributed by atoms with Crippen LogP contribution >= 0.6 is 0 Å². The Bertz CT molecular complexity index is 522. The van der Waals surface area contributed by atoms with E-state index >= 15 is 0 Å². The second-order valence-corrected chi connectivity index (χ2v) is 8.06. The van der Waals surface area contributed by atoms with Gasteiger partial charge in [-0.2, -0.15) is 5.26 Å². The molecule has 1 aliphatic carbocycles. The lowest BCUT2D eigenvalue weighted by molar-refractivity contribution is 0.221. The number of ether oxygens (including phenoxy) is 1. The Kier molecular flexibility index (Phi) is 9.61. The highest BCUT2D eigenvalue weighted by molar-refractivity contribution is 5.28. The average Bonchev–Trinajstić information content (AvgIpc) is 2.68. The largest absolute Gasteiger partial charge is 0.494 e. The van der Waals surface area contributed by atoms with Crippen molar-refractivity contribution < 1.29 is 4.74 Å². The van der Waals surface area contributed by atoms with E-state index < -0.39 is 0 Å². The Morgan fingerprint density at radius 3 is 2.31 bits per heavy atom. The summed E-state index contributed by atoms with van der Waals surface area (Å²) in [6, 6.07) is 11.0. The van der Waals surface area contributed by atoms with Crippen LogP contribution in [0.4, 0.5) is 0 Å². The van der Waals surface area contributed by atoms with Gasteiger partial charge in [-0.1, -0.05) is 70.9 Å². The lowest BCUT2D eigenvalue weighted by atomic mass is 9.73. The van der Waals surface area contributed by atoms with E-state index in [4.69, 9.17) is 4.74 Å². The van der Waals surface area contributed by atoms with E-state index in [1.54, 1.807) is 0 Å². The molecule has 26 heavy (non-hydrogen) atoms. The van der Waals surface area contributed by atoms with Gasteiger partial charge in [0.05, 0.1) is 18.6 Å². The Morgan fingerprint density at radius 1 is 1.00 bits per heavy atom. The number of hydrogen-bond donors (Lipinski definition) is 0. The molecule has 0 heterocycles. The molecule has 1 aromatic carbocycles. The van der Waals surface area contributed by atoms with Gasteiger partial charge in [0, 0.05) is 0 Å². The zero-order chi connectivity index (χ0) is 18.6. The fraction of sp³-hybridized carbons (Fsp3) is 0.708. The van der Waals surface area contributed by atoms with Gasteiger partial charge in [-0.05, 0) is 55.2 Å². The van der Waals surface area contributed by atoms with E-state index in [-0.39, 0.29) is 5.92 Å². The number of rotatable bonds is 11. The maximum Gasteiger partial charge on any atom is 0.119 e. The average molecular weight is 356 g/mol. The van der Waals surface area contributed by atoms with E-state index in [2.05, 4.69) is 44.2 Å². The summed E-state index contributed by atoms with van der Waals surface area (Å²) in [5.74, 6) is 2.61. The third-order valence-corrected chi connectivity index (χ3v) is 5.99. The van der Waals surface area contributed by atoms with Crippen LogP contribution in [0.25, 0.3) is 0 Å². The normalized spacial score (nSPS) is 21.1. The minimum Gasteiger partial charge on any atom is -0.494 e. The maximum absolute atomic E-state index is 9.70. The van der Waals surface area contributed by atoms with Gasteiger partial charge in [-0.25, -0.2) is 0 Å². The van der Waals surface area contributed by atoms with Crippen molar-refractivity contribution in [3.63, 3.8) is 0 Å². The Balaban J connectivity index is 1.78. The topological polar surface area (TPSA) is 33.0 Å². The van der Waals surface area contributed by atoms with E-state index in [1.165, 1.54) is 56.9 Å². The molecule has 1 fully saturated rings. The lowest BCUT2D eigenvalue weighted by Crippen LogP contribution is -2.22. The van der Waals surface area contributed by atoms with Crippen LogP contribution in [0.15, 0.2) is 24.3 Å².